The van der Waals surface area contributed by atoms with Crippen molar-refractivity contribution in [1.29, 1.82) is 0 Å². The van der Waals surface area contributed by atoms with E-state index in [0.29, 0.717) is 5.82 Å². The van der Waals surface area contributed by atoms with Gasteiger partial charge in [-0.25, -0.2) is 9.97 Å². The van der Waals surface area contributed by atoms with Crippen LogP contribution in [0, 0.1) is 0 Å². The first kappa shape index (κ1) is 35.7. The molecule has 0 atom stereocenters. The van der Waals surface area contributed by atoms with Crippen LogP contribution >= 0.6 is 0 Å². The molecule has 0 unspecified atom stereocenters. The first-order valence-electron chi connectivity index (χ1n) is 21.0. The van der Waals surface area contributed by atoms with Gasteiger partial charge < -0.3 is 4.74 Å². The second-order valence-corrected chi connectivity index (χ2v) is 16.0. The summed E-state index contributed by atoms with van der Waals surface area (Å²) < 4.78 is 6.63. The highest BCUT2D eigenvalue weighted by Crippen LogP contribution is 2.62. The van der Waals surface area contributed by atoms with E-state index in [1.807, 2.05) is 54.9 Å². The fourth-order valence-corrected chi connectivity index (χ4v) is 9.58. The van der Waals surface area contributed by atoms with Crippen molar-refractivity contribution in [2.45, 2.75) is 5.41 Å². The summed E-state index contributed by atoms with van der Waals surface area (Å²) in [7, 11) is 0. The Hall–Kier alpha value is -8.21. The highest BCUT2D eigenvalue weighted by molar-refractivity contribution is 5.93. The Kier molecular flexibility index (Phi) is 8.36. The van der Waals surface area contributed by atoms with E-state index in [1.54, 1.807) is 0 Å². The lowest BCUT2D eigenvalue weighted by atomic mass is 9.66. The fraction of sp³-hybridized carbons (Fsp3) is 0.0172. The molecule has 1 aliphatic heterocycles. The molecule has 0 saturated heterocycles. The van der Waals surface area contributed by atoms with Gasteiger partial charge in [-0.05, 0) is 92.5 Å². The minimum Gasteiger partial charge on any atom is -0.457 e. The molecular weight excluding hydrogens is 755 g/mol. The molecule has 4 heteroatoms. The number of benzene rings is 8. The number of pyridine rings is 1. The van der Waals surface area contributed by atoms with Gasteiger partial charge in [-0.2, -0.15) is 0 Å². The van der Waals surface area contributed by atoms with Crippen molar-refractivity contribution in [3.05, 3.63) is 247 Å². The van der Waals surface area contributed by atoms with E-state index in [4.69, 9.17) is 14.7 Å². The highest BCUT2D eigenvalue weighted by Gasteiger charge is 2.51. The molecule has 0 N–H and O–H groups in total. The Balaban J connectivity index is 1.00. The Labute approximate surface area is 360 Å². The molecule has 8 aromatic carbocycles. The molecule has 1 spiro atoms. The van der Waals surface area contributed by atoms with Crippen LogP contribution < -0.4 is 4.74 Å². The SMILES string of the molecule is c1ccc(-c2cc(-c3ccc(-c4ccc5c(c4)-c4cc(-c6cccc(-c7cccnc7)c6)ccc4C54c5ccccc5Oc5ccccc54)cc3)nc(-c3ccccc3)n2)cc1. The van der Waals surface area contributed by atoms with E-state index in [2.05, 4.69) is 175 Å². The number of hydrogen-bond donors (Lipinski definition) is 0. The molecule has 62 heavy (non-hydrogen) atoms. The fourth-order valence-electron chi connectivity index (χ4n) is 9.58. The first-order valence-corrected chi connectivity index (χ1v) is 21.0. The lowest BCUT2D eigenvalue weighted by molar-refractivity contribution is 0.436. The maximum absolute atomic E-state index is 6.63. The van der Waals surface area contributed by atoms with E-state index in [1.165, 1.54) is 22.3 Å². The Morgan fingerprint density at radius 3 is 1.40 bits per heavy atom. The minimum absolute atomic E-state index is 0.561. The molecular formula is C58H37N3O. The molecule has 0 saturated carbocycles. The zero-order valence-electron chi connectivity index (χ0n) is 33.6. The Morgan fingerprint density at radius 2 is 0.790 bits per heavy atom. The average Bonchev–Trinajstić information content (AvgIpc) is 3.64. The third-order valence-corrected chi connectivity index (χ3v) is 12.5. The second-order valence-electron chi connectivity index (χ2n) is 16.0. The van der Waals surface area contributed by atoms with Crippen LogP contribution in [0.1, 0.15) is 22.3 Å². The molecule has 3 heterocycles. The van der Waals surface area contributed by atoms with Gasteiger partial charge in [-0.15, -0.1) is 0 Å². The lowest BCUT2D eigenvalue weighted by Crippen LogP contribution is -2.32. The van der Waals surface area contributed by atoms with Crippen molar-refractivity contribution in [3.8, 4) is 89.9 Å². The van der Waals surface area contributed by atoms with Crippen LogP contribution in [0.15, 0.2) is 225 Å². The number of ether oxygens (including phenoxy) is 1. The van der Waals surface area contributed by atoms with Crippen molar-refractivity contribution < 1.29 is 4.74 Å². The molecule has 0 fully saturated rings. The third-order valence-electron chi connectivity index (χ3n) is 12.5. The van der Waals surface area contributed by atoms with Gasteiger partial charge >= 0.3 is 0 Å². The molecule has 0 radical (unpaired) electrons. The van der Waals surface area contributed by atoms with Crippen LogP contribution in [0.2, 0.25) is 0 Å². The van der Waals surface area contributed by atoms with Gasteiger partial charge in [0.2, 0.25) is 0 Å². The third kappa shape index (κ3) is 5.80. The van der Waals surface area contributed by atoms with Crippen molar-refractivity contribution in [3.63, 3.8) is 0 Å². The number of hydrogen-bond acceptors (Lipinski definition) is 4. The zero-order valence-corrected chi connectivity index (χ0v) is 33.6. The topological polar surface area (TPSA) is 47.9 Å². The van der Waals surface area contributed by atoms with E-state index < -0.39 is 5.41 Å². The van der Waals surface area contributed by atoms with Crippen LogP contribution in [-0.2, 0) is 5.41 Å². The minimum atomic E-state index is -0.561. The molecule has 4 nitrogen and oxygen atoms in total. The van der Waals surface area contributed by atoms with Crippen LogP contribution in [0.3, 0.4) is 0 Å². The number of aromatic nitrogens is 3. The van der Waals surface area contributed by atoms with Crippen molar-refractivity contribution in [1.82, 2.24) is 15.0 Å². The van der Waals surface area contributed by atoms with Crippen LogP contribution in [-0.4, -0.2) is 15.0 Å². The first-order chi connectivity index (χ1) is 30.7. The van der Waals surface area contributed by atoms with Gasteiger partial charge in [0.25, 0.3) is 0 Å². The van der Waals surface area contributed by atoms with Gasteiger partial charge in [0, 0.05) is 45.8 Å². The molecule has 10 aromatic rings. The summed E-state index contributed by atoms with van der Waals surface area (Å²) in [5, 5.41) is 0. The molecule has 290 valence electrons. The molecule has 2 aromatic heterocycles. The average molecular weight is 792 g/mol. The quantitative estimate of drug-likeness (QED) is 0.168. The maximum atomic E-state index is 6.63. The lowest BCUT2D eigenvalue weighted by Gasteiger charge is -2.39. The monoisotopic (exact) mass is 791 g/mol. The highest BCUT2D eigenvalue weighted by atomic mass is 16.5. The van der Waals surface area contributed by atoms with Crippen LogP contribution in [0.5, 0.6) is 11.5 Å². The Bertz CT molecular complexity index is 3210. The van der Waals surface area contributed by atoms with Gasteiger partial charge in [0.15, 0.2) is 5.82 Å². The summed E-state index contributed by atoms with van der Waals surface area (Å²) >= 11 is 0. The van der Waals surface area contributed by atoms with E-state index in [-0.39, 0.29) is 0 Å². The summed E-state index contributed by atoms with van der Waals surface area (Å²) in [5.74, 6) is 2.47. The standard InChI is InChI=1S/C58H37N3O/c1-3-13-39(14-4-1)53-36-54(61-57(60-53)41-15-5-2-6-16-41)40-26-24-38(25-27-40)44-28-30-49-47(34-44)48-35-45(42-17-11-18-43(33-42)46-19-12-32-59-37-46)29-31-50(48)58(49)51-20-7-9-22-55(51)62-56-23-10-8-21-52(56)58/h1-37H. The van der Waals surface area contributed by atoms with E-state index in [0.717, 1.165) is 84.1 Å². The smallest absolute Gasteiger partial charge is 0.160 e. The number of nitrogens with zero attached hydrogens (tertiary/aromatic N) is 3. The van der Waals surface area contributed by atoms with Crippen molar-refractivity contribution in [2.24, 2.45) is 0 Å². The second kappa shape index (κ2) is 14.5. The molecule has 12 rings (SSSR count). The van der Waals surface area contributed by atoms with Crippen molar-refractivity contribution >= 4 is 0 Å². The van der Waals surface area contributed by atoms with Crippen LogP contribution in [0.4, 0.5) is 0 Å². The number of fused-ring (bicyclic) bond motifs is 9. The maximum Gasteiger partial charge on any atom is 0.160 e. The summed E-state index contributed by atoms with van der Waals surface area (Å²) in [6.07, 6.45) is 3.74. The number of para-hydroxylation sites is 2. The van der Waals surface area contributed by atoms with E-state index >= 15 is 0 Å². The molecule has 0 amide bonds. The zero-order chi connectivity index (χ0) is 41.0. The predicted octanol–water partition coefficient (Wildman–Crippen LogP) is 14.3. The van der Waals surface area contributed by atoms with Crippen LogP contribution in [0.25, 0.3) is 78.4 Å². The Morgan fingerprint density at radius 1 is 0.323 bits per heavy atom. The molecule has 1 aliphatic carbocycles. The predicted molar refractivity (Wildman–Crippen MR) is 250 cm³/mol. The largest absolute Gasteiger partial charge is 0.457 e. The molecule has 2 aliphatic rings. The summed E-state index contributed by atoms with van der Waals surface area (Å²) in [4.78, 5) is 14.5. The molecule has 0 bridgehead atoms. The van der Waals surface area contributed by atoms with Gasteiger partial charge in [0.05, 0.1) is 16.8 Å². The number of rotatable bonds is 6. The summed E-state index contributed by atoms with van der Waals surface area (Å²) in [6.45, 7) is 0. The van der Waals surface area contributed by atoms with Gasteiger partial charge in [-0.1, -0.05) is 170 Å². The van der Waals surface area contributed by atoms with E-state index in [9.17, 15) is 0 Å². The van der Waals surface area contributed by atoms with Gasteiger partial charge in [-0.3, -0.25) is 4.98 Å². The van der Waals surface area contributed by atoms with Crippen molar-refractivity contribution in [2.75, 3.05) is 0 Å². The summed E-state index contributed by atoms with van der Waals surface area (Å²) in [5.41, 5.74) is 18.4. The summed E-state index contributed by atoms with van der Waals surface area (Å²) in [6, 6.07) is 75.4. The normalized spacial score (nSPS) is 12.8. The van der Waals surface area contributed by atoms with Gasteiger partial charge in [0.1, 0.15) is 11.5 Å².